The molecule has 0 radical (unpaired) electrons. The number of benzene rings is 2. The van der Waals surface area contributed by atoms with E-state index in [2.05, 4.69) is 4.72 Å². The maximum atomic E-state index is 12.9. The fourth-order valence-electron chi connectivity index (χ4n) is 3.43. The van der Waals surface area contributed by atoms with Crippen molar-refractivity contribution in [3.05, 3.63) is 64.9 Å². The maximum absolute atomic E-state index is 12.9. The predicted molar refractivity (Wildman–Crippen MR) is 106 cm³/mol. The molecule has 28 heavy (non-hydrogen) atoms. The molecule has 2 aromatic carbocycles. The molecule has 1 amide bonds. The average molecular weight is 425 g/mol. The van der Waals surface area contributed by atoms with E-state index < -0.39 is 15.8 Å². The van der Waals surface area contributed by atoms with Crippen LogP contribution in [0.1, 0.15) is 24.8 Å². The molecule has 0 spiro atoms. The van der Waals surface area contributed by atoms with Gasteiger partial charge in [-0.3, -0.25) is 4.79 Å². The van der Waals surface area contributed by atoms with Crippen molar-refractivity contribution in [2.75, 3.05) is 13.1 Å². The van der Waals surface area contributed by atoms with E-state index in [0.29, 0.717) is 18.0 Å². The summed E-state index contributed by atoms with van der Waals surface area (Å²) < 4.78 is 39.8. The van der Waals surface area contributed by atoms with E-state index in [1.807, 2.05) is 29.2 Å². The number of nitrogens with one attached hydrogen (secondary N) is 1. The van der Waals surface area contributed by atoms with E-state index in [9.17, 15) is 17.6 Å². The number of nitrogens with zero attached hydrogens (tertiary/aromatic N) is 1. The molecule has 1 aliphatic rings. The molecule has 5 nitrogen and oxygen atoms in total. The van der Waals surface area contributed by atoms with Gasteiger partial charge in [-0.25, -0.2) is 17.5 Å². The summed E-state index contributed by atoms with van der Waals surface area (Å²) in [7, 11) is -3.77. The van der Waals surface area contributed by atoms with Gasteiger partial charge in [0.05, 0.1) is 4.90 Å². The van der Waals surface area contributed by atoms with Crippen molar-refractivity contribution in [2.45, 2.75) is 36.6 Å². The lowest BCUT2D eigenvalue weighted by Gasteiger charge is -2.25. The van der Waals surface area contributed by atoms with Crippen LogP contribution in [0.15, 0.2) is 53.4 Å². The molecule has 150 valence electrons. The van der Waals surface area contributed by atoms with Crippen LogP contribution in [0.2, 0.25) is 5.02 Å². The Morgan fingerprint density at radius 3 is 2.61 bits per heavy atom. The van der Waals surface area contributed by atoms with Gasteiger partial charge in [0.2, 0.25) is 15.9 Å². The number of halogens is 2. The number of sulfonamides is 1. The van der Waals surface area contributed by atoms with Crippen LogP contribution in [0.4, 0.5) is 4.39 Å². The first-order chi connectivity index (χ1) is 13.4. The van der Waals surface area contributed by atoms with Crippen LogP contribution in [0.5, 0.6) is 0 Å². The van der Waals surface area contributed by atoms with E-state index in [4.69, 9.17) is 11.6 Å². The fourth-order valence-corrected chi connectivity index (χ4v) is 4.67. The summed E-state index contributed by atoms with van der Waals surface area (Å²) in [6, 6.07) is 12.2. The van der Waals surface area contributed by atoms with Crippen LogP contribution in [0, 0.1) is 5.82 Å². The molecule has 1 fully saturated rings. The minimum Gasteiger partial charge on any atom is -0.339 e. The molecule has 0 bridgehead atoms. The second-order valence-corrected chi connectivity index (χ2v) is 8.95. The monoisotopic (exact) mass is 424 g/mol. The second kappa shape index (κ2) is 9.03. The molecule has 0 aliphatic carbocycles. The van der Waals surface area contributed by atoms with Gasteiger partial charge in [-0.1, -0.05) is 29.8 Å². The van der Waals surface area contributed by atoms with Gasteiger partial charge >= 0.3 is 0 Å². The Labute approximate surface area is 169 Å². The van der Waals surface area contributed by atoms with E-state index in [1.54, 1.807) is 0 Å². The maximum Gasteiger partial charge on any atom is 0.240 e. The number of amides is 1. The number of carbonyl (C=O) groups excluding carboxylic acids is 1. The Kier molecular flexibility index (Phi) is 6.69. The van der Waals surface area contributed by atoms with Gasteiger partial charge in [0.1, 0.15) is 5.82 Å². The molecule has 0 aromatic heterocycles. The number of hydrogen-bond donors (Lipinski definition) is 1. The highest BCUT2D eigenvalue weighted by molar-refractivity contribution is 7.89. The molecule has 1 saturated heterocycles. The molecular formula is C20H22ClFN2O3S. The molecule has 1 N–H and O–H groups in total. The van der Waals surface area contributed by atoms with Crippen molar-refractivity contribution < 1.29 is 17.6 Å². The number of rotatable bonds is 7. The molecule has 8 heteroatoms. The fraction of sp³-hybridized carbons (Fsp3) is 0.350. The lowest BCUT2D eigenvalue weighted by Crippen LogP contribution is -2.38. The Morgan fingerprint density at radius 1 is 1.18 bits per heavy atom. The van der Waals surface area contributed by atoms with Crippen LogP contribution >= 0.6 is 11.6 Å². The standard InChI is InChI=1S/C20H22ClFN2O3S/c21-19-6-2-1-4-15(19)14-17-5-3-13-24(17)20(25)11-12-23-28(26,27)18-9-7-16(22)8-10-18/h1-2,4,6-10,17,23H,3,5,11-14H2. The van der Waals surface area contributed by atoms with Gasteiger partial charge in [0.25, 0.3) is 0 Å². The first-order valence-corrected chi connectivity index (χ1v) is 11.0. The summed E-state index contributed by atoms with van der Waals surface area (Å²) in [5.74, 6) is -0.593. The minimum absolute atomic E-state index is 0.00609. The largest absolute Gasteiger partial charge is 0.339 e. The molecule has 1 unspecified atom stereocenters. The smallest absolute Gasteiger partial charge is 0.240 e. The second-order valence-electron chi connectivity index (χ2n) is 6.78. The molecule has 1 heterocycles. The zero-order chi connectivity index (χ0) is 20.1. The Morgan fingerprint density at radius 2 is 1.89 bits per heavy atom. The van der Waals surface area contributed by atoms with Gasteiger partial charge in [-0.2, -0.15) is 0 Å². The van der Waals surface area contributed by atoms with Crippen molar-refractivity contribution >= 4 is 27.5 Å². The van der Waals surface area contributed by atoms with Crippen molar-refractivity contribution in [3.8, 4) is 0 Å². The SMILES string of the molecule is O=C(CCNS(=O)(=O)c1ccc(F)cc1)N1CCCC1Cc1ccccc1Cl. The molecular weight excluding hydrogens is 403 g/mol. The van der Waals surface area contributed by atoms with E-state index in [0.717, 1.165) is 30.5 Å². The summed E-state index contributed by atoms with van der Waals surface area (Å²) in [5, 5.41) is 0.689. The zero-order valence-electron chi connectivity index (χ0n) is 15.3. The topological polar surface area (TPSA) is 66.5 Å². The van der Waals surface area contributed by atoms with Gasteiger partial charge in [0.15, 0.2) is 0 Å². The van der Waals surface area contributed by atoms with E-state index in [-0.39, 0.29) is 29.8 Å². The average Bonchev–Trinajstić information content (AvgIpc) is 3.12. The van der Waals surface area contributed by atoms with Crippen molar-refractivity contribution in [1.29, 1.82) is 0 Å². The molecule has 1 atom stereocenters. The third-order valence-electron chi connectivity index (χ3n) is 4.87. The summed E-state index contributed by atoms with van der Waals surface area (Å²) in [4.78, 5) is 14.4. The lowest BCUT2D eigenvalue weighted by atomic mass is 10.0. The van der Waals surface area contributed by atoms with Crippen LogP contribution in [-0.2, 0) is 21.2 Å². The first kappa shape index (κ1) is 20.8. The Balaban J connectivity index is 1.55. The first-order valence-electron chi connectivity index (χ1n) is 9.15. The van der Waals surface area contributed by atoms with Crippen LogP contribution < -0.4 is 4.72 Å². The quantitative estimate of drug-likeness (QED) is 0.740. The summed E-state index contributed by atoms with van der Waals surface area (Å²) in [6.45, 7) is 0.659. The van der Waals surface area contributed by atoms with Crippen LogP contribution in [0.25, 0.3) is 0 Å². The number of hydrogen-bond acceptors (Lipinski definition) is 3. The van der Waals surface area contributed by atoms with Crippen LogP contribution in [-0.4, -0.2) is 38.4 Å². The number of carbonyl (C=O) groups is 1. The van der Waals surface area contributed by atoms with Crippen molar-refractivity contribution in [1.82, 2.24) is 9.62 Å². The Hall–Kier alpha value is -1.96. The molecule has 2 aromatic rings. The van der Waals surface area contributed by atoms with Gasteiger partial charge in [0, 0.05) is 30.6 Å². The molecule has 3 rings (SSSR count). The third kappa shape index (κ3) is 5.10. The molecule has 0 saturated carbocycles. The van der Waals surface area contributed by atoms with E-state index >= 15 is 0 Å². The van der Waals surface area contributed by atoms with Gasteiger partial charge in [-0.05, 0) is 55.2 Å². The summed E-state index contributed by atoms with van der Waals surface area (Å²) in [5.41, 5.74) is 1.01. The van der Waals surface area contributed by atoms with Crippen LogP contribution in [0.3, 0.4) is 0 Å². The highest BCUT2D eigenvalue weighted by atomic mass is 35.5. The van der Waals surface area contributed by atoms with E-state index in [1.165, 1.54) is 12.1 Å². The number of likely N-dealkylation sites (tertiary alicyclic amines) is 1. The normalized spacial score (nSPS) is 17.1. The lowest BCUT2D eigenvalue weighted by molar-refractivity contribution is -0.131. The van der Waals surface area contributed by atoms with Gasteiger partial charge < -0.3 is 4.90 Å². The summed E-state index contributed by atoms with van der Waals surface area (Å²) >= 11 is 6.23. The highest BCUT2D eigenvalue weighted by Crippen LogP contribution is 2.25. The summed E-state index contributed by atoms with van der Waals surface area (Å²) in [6.07, 6.45) is 2.58. The molecule has 1 aliphatic heterocycles. The van der Waals surface area contributed by atoms with Crippen molar-refractivity contribution in [3.63, 3.8) is 0 Å². The third-order valence-corrected chi connectivity index (χ3v) is 6.71. The Bertz CT molecular complexity index is 935. The van der Waals surface area contributed by atoms with Gasteiger partial charge in [-0.15, -0.1) is 0 Å². The highest BCUT2D eigenvalue weighted by Gasteiger charge is 2.29. The zero-order valence-corrected chi connectivity index (χ0v) is 16.8. The van der Waals surface area contributed by atoms with Crippen molar-refractivity contribution in [2.24, 2.45) is 0 Å². The minimum atomic E-state index is -3.77. The predicted octanol–water partition coefficient (Wildman–Crippen LogP) is 3.38.